The van der Waals surface area contributed by atoms with Gasteiger partial charge in [0.25, 0.3) is 5.91 Å². The zero-order chi connectivity index (χ0) is 23.4. The number of anilines is 2. The molecule has 1 saturated carbocycles. The minimum Gasteiger partial charge on any atom is -0.321 e. The molecule has 0 unspecified atom stereocenters. The molecule has 1 amide bonds. The Labute approximate surface area is 196 Å². The summed E-state index contributed by atoms with van der Waals surface area (Å²) in [5.74, 6) is 3.20. The lowest BCUT2D eigenvalue weighted by molar-refractivity contribution is 0.102. The van der Waals surface area contributed by atoms with Crippen LogP contribution < -0.4 is 10.7 Å². The standard InChI is InChI=1S/C25H21ClN6O/c1-3-16-13-28-8-6-19(16)22-10-15(2)20(12-21(22)17-4-5-17)25(33)31-18-11-23(26)24(29-14-18)32-30-9-7-27/h1,6-14,17,27H,4-5H2,2H3,(H,29,32)(H,31,33)/b27-7?,30-9-. The number of terminal acetylenes is 1. The first-order valence-corrected chi connectivity index (χ1v) is 10.7. The normalized spacial score (nSPS) is 12.9. The van der Waals surface area contributed by atoms with Crippen LogP contribution in [0.2, 0.25) is 5.02 Å². The van der Waals surface area contributed by atoms with E-state index in [0.717, 1.165) is 46.9 Å². The van der Waals surface area contributed by atoms with Crippen molar-refractivity contribution in [2.45, 2.75) is 25.7 Å². The van der Waals surface area contributed by atoms with E-state index in [-0.39, 0.29) is 5.91 Å². The molecule has 0 bridgehead atoms. The molecule has 1 aliphatic rings. The van der Waals surface area contributed by atoms with Gasteiger partial charge in [-0.1, -0.05) is 23.6 Å². The molecule has 164 valence electrons. The molecule has 4 rings (SSSR count). The van der Waals surface area contributed by atoms with Crippen LogP contribution in [-0.4, -0.2) is 28.3 Å². The highest BCUT2D eigenvalue weighted by molar-refractivity contribution is 6.33. The summed E-state index contributed by atoms with van der Waals surface area (Å²) in [6.45, 7) is 1.91. The van der Waals surface area contributed by atoms with E-state index in [0.29, 0.717) is 28.0 Å². The molecule has 1 aromatic carbocycles. The van der Waals surface area contributed by atoms with Crippen molar-refractivity contribution in [3.8, 4) is 23.5 Å². The van der Waals surface area contributed by atoms with Crippen LogP contribution in [0.3, 0.4) is 0 Å². The Morgan fingerprint density at radius 3 is 2.82 bits per heavy atom. The monoisotopic (exact) mass is 456 g/mol. The summed E-state index contributed by atoms with van der Waals surface area (Å²) in [7, 11) is 0. The minimum absolute atomic E-state index is 0.242. The molecular formula is C25H21ClN6O. The average Bonchev–Trinajstić information content (AvgIpc) is 3.65. The van der Waals surface area contributed by atoms with E-state index in [9.17, 15) is 4.79 Å². The molecule has 0 saturated heterocycles. The molecule has 0 atom stereocenters. The van der Waals surface area contributed by atoms with Crippen LogP contribution in [0.15, 0.2) is 48.0 Å². The number of hydrazone groups is 1. The Bertz CT molecular complexity index is 1310. The van der Waals surface area contributed by atoms with Gasteiger partial charge in [0, 0.05) is 29.7 Å². The van der Waals surface area contributed by atoms with Crippen molar-refractivity contribution in [3.05, 3.63) is 70.1 Å². The number of rotatable bonds is 7. The molecule has 0 aliphatic heterocycles. The molecular weight excluding hydrogens is 436 g/mol. The Morgan fingerprint density at radius 1 is 1.30 bits per heavy atom. The topological polar surface area (TPSA) is 103 Å². The first kappa shape index (κ1) is 22.2. The molecule has 3 aromatic rings. The lowest BCUT2D eigenvalue weighted by Crippen LogP contribution is -2.14. The molecule has 2 aromatic heterocycles. The van der Waals surface area contributed by atoms with Gasteiger partial charge in [-0.3, -0.25) is 15.2 Å². The van der Waals surface area contributed by atoms with Gasteiger partial charge >= 0.3 is 0 Å². The van der Waals surface area contributed by atoms with E-state index in [2.05, 4.69) is 31.7 Å². The van der Waals surface area contributed by atoms with E-state index < -0.39 is 0 Å². The number of nitrogens with one attached hydrogen (secondary N) is 3. The second-order valence-corrected chi connectivity index (χ2v) is 8.07. The molecule has 0 radical (unpaired) electrons. The number of carbonyl (C=O) groups excluding carboxylic acids is 1. The molecule has 0 spiro atoms. The van der Waals surface area contributed by atoms with Crippen LogP contribution in [0.25, 0.3) is 11.1 Å². The summed E-state index contributed by atoms with van der Waals surface area (Å²) in [5.41, 5.74) is 8.38. The van der Waals surface area contributed by atoms with Crippen LogP contribution in [0.1, 0.15) is 45.8 Å². The number of pyridine rings is 2. The lowest BCUT2D eigenvalue weighted by Gasteiger charge is -2.16. The van der Waals surface area contributed by atoms with Crippen molar-refractivity contribution >= 4 is 41.4 Å². The summed E-state index contributed by atoms with van der Waals surface area (Å²) in [6.07, 6.45) is 15.1. The third-order valence-electron chi connectivity index (χ3n) is 5.34. The van der Waals surface area contributed by atoms with Gasteiger partial charge in [0.1, 0.15) is 0 Å². The summed E-state index contributed by atoms with van der Waals surface area (Å²) in [6, 6.07) is 7.51. The summed E-state index contributed by atoms with van der Waals surface area (Å²) in [4.78, 5) is 21.4. The molecule has 3 N–H and O–H groups in total. The third kappa shape index (κ3) is 4.92. The van der Waals surface area contributed by atoms with E-state index in [4.69, 9.17) is 23.4 Å². The van der Waals surface area contributed by atoms with E-state index in [1.54, 1.807) is 18.5 Å². The van der Waals surface area contributed by atoms with Crippen LogP contribution >= 0.6 is 11.6 Å². The first-order valence-electron chi connectivity index (χ1n) is 10.3. The number of halogens is 1. The molecule has 7 nitrogen and oxygen atoms in total. The fraction of sp³-hybridized carbons (Fsp3) is 0.160. The maximum atomic E-state index is 13.1. The number of hydrogen-bond donors (Lipinski definition) is 3. The van der Waals surface area contributed by atoms with Gasteiger partial charge in [0.15, 0.2) is 5.82 Å². The van der Waals surface area contributed by atoms with Gasteiger partial charge in [0.05, 0.1) is 28.7 Å². The average molecular weight is 457 g/mol. The SMILES string of the molecule is C#Cc1cnccc1-c1cc(C)c(C(=O)Nc2cnc(N/N=C\C=N)c(Cl)c2)cc1C1CC1. The van der Waals surface area contributed by atoms with Crippen molar-refractivity contribution in [1.29, 1.82) is 5.41 Å². The fourth-order valence-corrected chi connectivity index (χ4v) is 3.81. The lowest BCUT2D eigenvalue weighted by atomic mass is 9.90. The predicted molar refractivity (Wildman–Crippen MR) is 132 cm³/mol. The number of hydrogen-bond acceptors (Lipinski definition) is 6. The molecule has 33 heavy (non-hydrogen) atoms. The van der Waals surface area contributed by atoms with Crippen molar-refractivity contribution in [2.24, 2.45) is 5.10 Å². The van der Waals surface area contributed by atoms with Crippen LogP contribution in [0.4, 0.5) is 11.5 Å². The second kappa shape index (κ2) is 9.63. The Kier molecular flexibility index (Phi) is 6.48. The first-order chi connectivity index (χ1) is 16.0. The van der Waals surface area contributed by atoms with Crippen LogP contribution in [0, 0.1) is 24.7 Å². The Hall–Kier alpha value is -4.02. The molecule has 1 fully saturated rings. The van der Waals surface area contributed by atoms with Gasteiger partial charge in [0.2, 0.25) is 0 Å². The largest absolute Gasteiger partial charge is 0.321 e. The predicted octanol–water partition coefficient (Wildman–Crippen LogP) is 5.26. The van der Waals surface area contributed by atoms with Gasteiger partial charge < -0.3 is 10.7 Å². The van der Waals surface area contributed by atoms with Gasteiger partial charge in [-0.2, -0.15) is 5.10 Å². The van der Waals surface area contributed by atoms with E-state index in [1.807, 2.05) is 25.1 Å². The zero-order valence-electron chi connectivity index (χ0n) is 17.9. The van der Waals surface area contributed by atoms with Crippen molar-refractivity contribution in [2.75, 3.05) is 10.7 Å². The maximum absolute atomic E-state index is 13.1. The van der Waals surface area contributed by atoms with Gasteiger partial charge in [-0.15, -0.1) is 6.42 Å². The Morgan fingerprint density at radius 2 is 2.12 bits per heavy atom. The van der Waals surface area contributed by atoms with Crippen LogP contribution in [-0.2, 0) is 0 Å². The smallest absolute Gasteiger partial charge is 0.255 e. The van der Waals surface area contributed by atoms with E-state index >= 15 is 0 Å². The highest BCUT2D eigenvalue weighted by atomic mass is 35.5. The van der Waals surface area contributed by atoms with Gasteiger partial charge in [-0.25, -0.2) is 4.98 Å². The number of benzene rings is 1. The van der Waals surface area contributed by atoms with Crippen LogP contribution in [0.5, 0.6) is 0 Å². The number of amides is 1. The van der Waals surface area contributed by atoms with Crippen molar-refractivity contribution < 1.29 is 4.79 Å². The number of nitrogens with zero attached hydrogens (tertiary/aromatic N) is 3. The quantitative estimate of drug-likeness (QED) is 0.256. The number of carbonyl (C=O) groups is 1. The highest BCUT2D eigenvalue weighted by Gasteiger charge is 2.29. The zero-order valence-corrected chi connectivity index (χ0v) is 18.6. The number of aryl methyl sites for hydroxylation is 1. The third-order valence-corrected chi connectivity index (χ3v) is 5.63. The molecule has 8 heteroatoms. The second-order valence-electron chi connectivity index (χ2n) is 7.66. The fourth-order valence-electron chi connectivity index (χ4n) is 3.60. The summed E-state index contributed by atoms with van der Waals surface area (Å²) in [5, 5.41) is 13.9. The maximum Gasteiger partial charge on any atom is 0.255 e. The van der Waals surface area contributed by atoms with Crippen molar-refractivity contribution in [3.63, 3.8) is 0 Å². The van der Waals surface area contributed by atoms with E-state index in [1.165, 1.54) is 12.4 Å². The molecule has 1 aliphatic carbocycles. The summed E-state index contributed by atoms with van der Waals surface area (Å²) < 4.78 is 0. The summed E-state index contributed by atoms with van der Waals surface area (Å²) >= 11 is 6.23. The molecule has 2 heterocycles. The van der Waals surface area contributed by atoms with Gasteiger partial charge in [-0.05, 0) is 60.6 Å². The Balaban J connectivity index is 1.63. The number of aromatic nitrogens is 2. The highest BCUT2D eigenvalue weighted by Crippen LogP contribution is 2.45. The minimum atomic E-state index is -0.242. The van der Waals surface area contributed by atoms with Crippen molar-refractivity contribution in [1.82, 2.24) is 9.97 Å².